The molecule has 2 aromatic rings. The van der Waals surface area contributed by atoms with Crippen molar-refractivity contribution in [2.45, 2.75) is 37.6 Å². The van der Waals surface area contributed by atoms with Crippen molar-refractivity contribution in [3.05, 3.63) is 68.2 Å². The van der Waals surface area contributed by atoms with Crippen molar-refractivity contribution in [2.24, 2.45) is 7.05 Å². The Labute approximate surface area is 205 Å². The number of esters is 2. The van der Waals surface area contributed by atoms with E-state index in [4.69, 9.17) is 25.8 Å². The Balaban J connectivity index is 1.95. The van der Waals surface area contributed by atoms with Crippen molar-refractivity contribution in [3.8, 4) is 11.4 Å². The van der Waals surface area contributed by atoms with Crippen LogP contribution in [0.1, 0.15) is 25.5 Å². The molecule has 0 spiro atoms. The van der Waals surface area contributed by atoms with Gasteiger partial charge in [-0.2, -0.15) is 13.2 Å². The van der Waals surface area contributed by atoms with Crippen molar-refractivity contribution < 1.29 is 41.4 Å². The van der Waals surface area contributed by atoms with Crippen molar-refractivity contribution in [1.29, 1.82) is 0 Å². The standard InChI is InChI=1S/C22H19ClF4N2O7/c1-4-7-34-18(31)11(2)35-19(32)21(5-6-21)36-15-9-14(13(24)8-12(15)23)29-17(30)10-16(22(25,26)27)28(3)20(29)33/h4,8-11H,1,5-7H2,2-3H3. The first kappa shape index (κ1) is 27.0. The third kappa shape index (κ3) is 5.30. The van der Waals surface area contributed by atoms with Crippen LogP contribution in [0.2, 0.25) is 5.02 Å². The van der Waals surface area contributed by atoms with Crippen LogP contribution in [0.25, 0.3) is 5.69 Å². The molecule has 1 saturated carbocycles. The lowest BCUT2D eigenvalue weighted by molar-refractivity contribution is -0.171. The molecule has 1 aliphatic carbocycles. The second kappa shape index (κ2) is 9.80. The van der Waals surface area contributed by atoms with Crippen molar-refractivity contribution in [1.82, 2.24) is 9.13 Å². The molecule has 3 rings (SSSR count). The largest absolute Gasteiger partial charge is 0.474 e. The Bertz CT molecular complexity index is 1350. The maximum atomic E-state index is 14.7. The summed E-state index contributed by atoms with van der Waals surface area (Å²) in [5.74, 6) is -3.34. The van der Waals surface area contributed by atoms with E-state index in [2.05, 4.69) is 6.58 Å². The van der Waals surface area contributed by atoms with E-state index in [1.807, 2.05) is 0 Å². The molecule has 14 heteroatoms. The van der Waals surface area contributed by atoms with Gasteiger partial charge in [0, 0.05) is 32.0 Å². The third-order valence-electron chi connectivity index (χ3n) is 5.19. The van der Waals surface area contributed by atoms with Gasteiger partial charge < -0.3 is 14.2 Å². The summed E-state index contributed by atoms with van der Waals surface area (Å²) in [5, 5.41) is -0.356. The molecule has 194 valence electrons. The summed E-state index contributed by atoms with van der Waals surface area (Å²) < 4.78 is 69.8. The maximum absolute atomic E-state index is 14.7. The molecule has 0 bridgehead atoms. The van der Waals surface area contributed by atoms with Gasteiger partial charge in [0.05, 0.1) is 10.7 Å². The molecule has 1 aromatic carbocycles. The van der Waals surface area contributed by atoms with E-state index in [1.54, 1.807) is 0 Å². The van der Waals surface area contributed by atoms with Crippen molar-refractivity contribution >= 4 is 23.5 Å². The molecule has 1 unspecified atom stereocenters. The average Bonchev–Trinajstić information content (AvgIpc) is 3.57. The fraction of sp³-hybridized carbons (Fsp3) is 0.364. The van der Waals surface area contributed by atoms with Gasteiger partial charge in [-0.25, -0.2) is 23.3 Å². The maximum Gasteiger partial charge on any atom is 0.431 e. The highest BCUT2D eigenvalue weighted by atomic mass is 35.5. The van der Waals surface area contributed by atoms with Gasteiger partial charge in [0.15, 0.2) is 6.10 Å². The number of nitrogens with zero attached hydrogens (tertiary/aromatic N) is 2. The molecule has 0 N–H and O–H groups in total. The van der Waals surface area contributed by atoms with Crippen LogP contribution in [0, 0.1) is 5.82 Å². The van der Waals surface area contributed by atoms with Crippen LogP contribution in [0.3, 0.4) is 0 Å². The van der Waals surface area contributed by atoms with Crippen LogP contribution < -0.4 is 16.0 Å². The first-order valence-electron chi connectivity index (χ1n) is 10.3. The van der Waals surface area contributed by atoms with Crippen molar-refractivity contribution in [2.75, 3.05) is 6.61 Å². The molecule has 0 radical (unpaired) electrons. The first-order valence-corrected chi connectivity index (χ1v) is 10.7. The Morgan fingerprint density at radius 3 is 2.44 bits per heavy atom. The highest BCUT2D eigenvalue weighted by molar-refractivity contribution is 6.32. The molecule has 0 aliphatic heterocycles. The minimum absolute atomic E-state index is 0.0981. The number of aromatic nitrogens is 2. The molecule has 1 heterocycles. The molecule has 9 nitrogen and oxygen atoms in total. The Hall–Kier alpha value is -3.61. The second-order valence-corrected chi connectivity index (χ2v) is 8.25. The zero-order valence-electron chi connectivity index (χ0n) is 18.9. The van der Waals surface area contributed by atoms with Crippen LogP contribution in [0.5, 0.6) is 5.75 Å². The van der Waals surface area contributed by atoms with Crippen LogP contribution in [-0.2, 0) is 32.3 Å². The quantitative estimate of drug-likeness (QED) is 0.291. The molecule has 1 aliphatic rings. The topological polar surface area (TPSA) is 106 Å². The Morgan fingerprint density at radius 1 is 1.25 bits per heavy atom. The molecular weight excluding hydrogens is 516 g/mol. The first-order chi connectivity index (χ1) is 16.7. The highest BCUT2D eigenvalue weighted by Gasteiger charge is 2.55. The lowest BCUT2D eigenvalue weighted by Gasteiger charge is -2.21. The minimum atomic E-state index is -5.01. The van der Waals surface area contributed by atoms with Gasteiger partial charge in [0.25, 0.3) is 5.56 Å². The zero-order valence-corrected chi connectivity index (χ0v) is 19.6. The zero-order chi connectivity index (χ0) is 27.0. The summed E-state index contributed by atoms with van der Waals surface area (Å²) in [4.78, 5) is 49.4. The van der Waals surface area contributed by atoms with Gasteiger partial charge >= 0.3 is 23.8 Å². The third-order valence-corrected chi connectivity index (χ3v) is 5.49. The number of benzene rings is 1. The number of hydrogen-bond acceptors (Lipinski definition) is 7. The summed E-state index contributed by atoms with van der Waals surface area (Å²) >= 11 is 6.02. The van der Waals surface area contributed by atoms with Crippen molar-refractivity contribution in [3.63, 3.8) is 0 Å². The van der Waals surface area contributed by atoms with Crippen LogP contribution >= 0.6 is 11.6 Å². The van der Waals surface area contributed by atoms with Gasteiger partial charge in [-0.05, 0) is 13.0 Å². The summed E-state index contributed by atoms with van der Waals surface area (Å²) in [6.45, 7) is 4.56. The molecular formula is C22H19ClF4N2O7. The number of alkyl halides is 3. The van der Waals surface area contributed by atoms with E-state index in [1.165, 1.54) is 13.0 Å². The lowest BCUT2D eigenvalue weighted by atomic mass is 10.2. The van der Waals surface area contributed by atoms with Gasteiger partial charge in [-0.3, -0.25) is 9.36 Å². The SMILES string of the molecule is C=CCOC(=O)C(C)OC(=O)C1(Oc2cc(-n3c(=O)cc(C(F)(F)F)n(C)c3=O)c(F)cc2Cl)CC1. The van der Waals surface area contributed by atoms with E-state index in [9.17, 15) is 36.7 Å². The summed E-state index contributed by atoms with van der Waals surface area (Å²) in [5.41, 5.74) is -6.81. The fourth-order valence-corrected chi connectivity index (χ4v) is 3.32. The summed E-state index contributed by atoms with van der Waals surface area (Å²) in [6.07, 6.45) is -4.71. The number of carbonyl (C=O) groups excluding carboxylic acids is 2. The van der Waals surface area contributed by atoms with Crippen LogP contribution in [0.4, 0.5) is 17.6 Å². The monoisotopic (exact) mass is 534 g/mol. The molecule has 36 heavy (non-hydrogen) atoms. The fourth-order valence-electron chi connectivity index (χ4n) is 3.13. The average molecular weight is 535 g/mol. The van der Waals surface area contributed by atoms with Gasteiger partial charge in [0.1, 0.15) is 23.9 Å². The second-order valence-electron chi connectivity index (χ2n) is 7.84. The highest BCUT2D eigenvalue weighted by Crippen LogP contribution is 2.44. The smallest absolute Gasteiger partial charge is 0.431 e. The Kier molecular flexibility index (Phi) is 7.35. The van der Waals surface area contributed by atoms with Gasteiger partial charge in [0.2, 0.25) is 5.60 Å². The van der Waals surface area contributed by atoms with E-state index in [-0.39, 0.29) is 45.4 Å². The van der Waals surface area contributed by atoms with Gasteiger partial charge in [-0.15, -0.1) is 0 Å². The lowest BCUT2D eigenvalue weighted by Crippen LogP contribution is -2.41. The molecule has 0 saturated heterocycles. The summed E-state index contributed by atoms with van der Waals surface area (Å²) in [7, 11) is 0.767. The minimum Gasteiger partial charge on any atom is -0.474 e. The van der Waals surface area contributed by atoms with Crippen LogP contribution in [0.15, 0.2) is 40.4 Å². The molecule has 1 fully saturated rings. The van der Waals surface area contributed by atoms with Crippen LogP contribution in [-0.4, -0.2) is 39.4 Å². The number of halogens is 5. The van der Waals surface area contributed by atoms with E-state index in [0.717, 1.165) is 13.1 Å². The summed E-state index contributed by atoms with van der Waals surface area (Å²) in [6, 6.07) is 1.62. The number of hydrogen-bond donors (Lipinski definition) is 0. The van der Waals surface area contributed by atoms with Gasteiger partial charge in [-0.1, -0.05) is 24.3 Å². The normalized spacial score (nSPS) is 15.1. The van der Waals surface area contributed by atoms with E-state index >= 15 is 0 Å². The molecule has 0 amide bonds. The molecule has 1 atom stereocenters. The van der Waals surface area contributed by atoms with E-state index < -0.39 is 58.3 Å². The predicted molar refractivity (Wildman–Crippen MR) is 117 cm³/mol. The van der Waals surface area contributed by atoms with E-state index in [0.29, 0.717) is 6.07 Å². The number of ether oxygens (including phenoxy) is 3. The number of rotatable bonds is 8. The predicted octanol–water partition coefficient (Wildman–Crippen LogP) is 2.92. The molecule has 1 aromatic heterocycles. The Morgan fingerprint density at radius 2 is 1.89 bits per heavy atom. The number of carbonyl (C=O) groups is 2.